The number of rotatable bonds is 3. The lowest BCUT2D eigenvalue weighted by atomic mass is 10.2. The molecular weight excluding hydrogens is 319 g/mol. The van der Waals surface area contributed by atoms with Gasteiger partial charge in [-0.15, -0.1) is 15.3 Å². The molecule has 0 spiro atoms. The van der Waals surface area contributed by atoms with Gasteiger partial charge in [0.05, 0.1) is 0 Å². The third-order valence-electron chi connectivity index (χ3n) is 5.01. The molecule has 1 saturated carbocycles. The summed E-state index contributed by atoms with van der Waals surface area (Å²) >= 11 is 0. The normalized spacial score (nSPS) is 18.1. The van der Waals surface area contributed by atoms with Crippen molar-refractivity contribution >= 4 is 17.2 Å². The van der Waals surface area contributed by atoms with Crippen LogP contribution in [0.5, 0.6) is 0 Å². The molecule has 2 fully saturated rings. The topological polar surface area (TPSA) is 49.6 Å². The molecule has 6 nitrogen and oxygen atoms in total. The molecule has 0 amide bonds. The van der Waals surface area contributed by atoms with Gasteiger partial charge in [-0.2, -0.15) is 4.52 Å². The Morgan fingerprint density at radius 2 is 1.56 bits per heavy atom. The first-order chi connectivity index (χ1) is 12.3. The zero-order chi connectivity index (χ0) is 16.8. The number of anilines is 2. The largest absolute Gasteiger partial charge is 0.368 e. The van der Waals surface area contributed by atoms with Crippen molar-refractivity contribution in [1.82, 2.24) is 19.8 Å². The van der Waals surface area contributed by atoms with Crippen LogP contribution in [-0.2, 0) is 0 Å². The number of piperazine rings is 1. The summed E-state index contributed by atoms with van der Waals surface area (Å²) in [5.41, 5.74) is 1.88. The Kier molecular flexibility index (Phi) is 3.33. The van der Waals surface area contributed by atoms with Crippen molar-refractivity contribution in [2.75, 3.05) is 36.0 Å². The molecule has 2 aliphatic rings. The van der Waals surface area contributed by atoms with Crippen LogP contribution in [0.2, 0.25) is 0 Å². The third kappa shape index (κ3) is 2.69. The second kappa shape index (κ2) is 5.68. The zero-order valence-electron chi connectivity index (χ0n) is 13.8. The van der Waals surface area contributed by atoms with Crippen molar-refractivity contribution in [3.8, 4) is 0 Å². The Balaban J connectivity index is 1.34. The van der Waals surface area contributed by atoms with Crippen molar-refractivity contribution in [2.24, 2.45) is 0 Å². The molecule has 25 heavy (non-hydrogen) atoms. The minimum Gasteiger partial charge on any atom is -0.368 e. The highest BCUT2D eigenvalue weighted by Gasteiger charge is 2.29. The van der Waals surface area contributed by atoms with Gasteiger partial charge in [-0.25, -0.2) is 4.39 Å². The van der Waals surface area contributed by atoms with E-state index >= 15 is 0 Å². The molecule has 1 saturated heterocycles. The van der Waals surface area contributed by atoms with Crippen LogP contribution in [0.4, 0.5) is 15.9 Å². The molecule has 0 radical (unpaired) electrons. The third-order valence-corrected chi connectivity index (χ3v) is 5.01. The number of benzene rings is 1. The van der Waals surface area contributed by atoms with Crippen molar-refractivity contribution in [2.45, 2.75) is 18.8 Å². The molecule has 3 aromatic rings. The van der Waals surface area contributed by atoms with Crippen LogP contribution in [0, 0.1) is 5.82 Å². The summed E-state index contributed by atoms with van der Waals surface area (Å²) in [5, 5.41) is 13.3. The van der Waals surface area contributed by atoms with E-state index in [1.807, 2.05) is 28.8 Å². The first-order valence-electron chi connectivity index (χ1n) is 8.76. The van der Waals surface area contributed by atoms with Gasteiger partial charge in [-0.1, -0.05) is 0 Å². The van der Waals surface area contributed by atoms with Crippen molar-refractivity contribution in [1.29, 1.82) is 0 Å². The van der Waals surface area contributed by atoms with Gasteiger partial charge in [-0.3, -0.25) is 0 Å². The smallest absolute Gasteiger partial charge is 0.178 e. The van der Waals surface area contributed by atoms with E-state index in [1.54, 1.807) is 0 Å². The van der Waals surface area contributed by atoms with Gasteiger partial charge in [-0.05, 0) is 49.2 Å². The molecule has 0 atom stereocenters. The molecule has 0 N–H and O–H groups in total. The maximum atomic E-state index is 13.1. The molecule has 0 unspecified atom stereocenters. The highest BCUT2D eigenvalue weighted by Crippen LogP contribution is 2.38. The second-order valence-corrected chi connectivity index (χ2v) is 6.74. The molecule has 128 valence electrons. The lowest BCUT2D eigenvalue weighted by Gasteiger charge is -2.36. The average molecular weight is 338 g/mol. The lowest BCUT2D eigenvalue weighted by Crippen LogP contribution is -2.47. The Morgan fingerprint density at radius 3 is 2.28 bits per heavy atom. The van der Waals surface area contributed by atoms with Gasteiger partial charge in [0.25, 0.3) is 0 Å². The Labute approximate surface area is 144 Å². The molecular formula is C18H19FN6. The number of hydrogen-bond acceptors (Lipinski definition) is 5. The summed E-state index contributed by atoms with van der Waals surface area (Å²) in [5.74, 6) is 2.28. The Hall–Kier alpha value is -2.70. The maximum Gasteiger partial charge on any atom is 0.178 e. The summed E-state index contributed by atoms with van der Waals surface area (Å²) in [6.07, 6.45) is 2.37. The standard InChI is InChI=1S/C18H19FN6/c19-14-3-5-15(6-4-14)23-9-11-24(12-10-23)17-8-7-16-20-21-18(13-1-2-13)25(16)22-17/h3-8,13H,1-2,9-12H2. The van der Waals surface area contributed by atoms with Crippen LogP contribution >= 0.6 is 0 Å². The summed E-state index contributed by atoms with van der Waals surface area (Å²) in [6.45, 7) is 3.56. The van der Waals surface area contributed by atoms with Crippen LogP contribution in [0.25, 0.3) is 5.65 Å². The van der Waals surface area contributed by atoms with Crippen LogP contribution < -0.4 is 9.80 Å². The van der Waals surface area contributed by atoms with Gasteiger partial charge in [0.15, 0.2) is 11.5 Å². The van der Waals surface area contributed by atoms with E-state index in [0.29, 0.717) is 5.92 Å². The molecule has 1 aromatic carbocycles. The minimum absolute atomic E-state index is 0.194. The fourth-order valence-electron chi connectivity index (χ4n) is 3.41. The SMILES string of the molecule is Fc1ccc(N2CCN(c3ccc4nnc(C5CC5)n4n3)CC2)cc1. The molecule has 5 rings (SSSR count). The molecule has 0 bridgehead atoms. The van der Waals surface area contributed by atoms with Crippen molar-refractivity contribution in [3.63, 3.8) is 0 Å². The molecule has 2 aromatic heterocycles. The minimum atomic E-state index is -0.194. The highest BCUT2D eigenvalue weighted by molar-refractivity contribution is 5.51. The highest BCUT2D eigenvalue weighted by atomic mass is 19.1. The fourth-order valence-corrected chi connectivity index (χ4v) is 3.41. The van der Waals surface area contributed by atoms with E-state index < -0.39 is 0 Å². The molecule has 1 aliphatic carbocycles. The van der Waals surface area contributed by atoms with E-state index in [1.165, 1.54) is 25.0 Å². The number of nitrogens with zero attached hydrogens (tertiary/aromatic N) is 6. The number of aromatic nitrogens is 4. The van der Waals surface area contributed by atoms with E-state index in [2.05, 4.69) is 20.0 Å². The fraction of sp³-hybridized carbons (Fsp3) is 0.389. The lowest BCUT2D eigenvalue weighted by molar-refractivity contribution is 0.623. The van der Waals surface area contributed by atoms with Crippen molar-refractivity contribution in [3.05, 3.63) is 48.0 Å². The van der Waals surface area contributed by atoms with Gasteiger partial charge >= 0.3 is 0 Å². The average Bonchev–Trinajstić information content (AvgIpc) is 3.41. The zero-order valence-corrected chi connectivity index (χ0v) is 13.8. The van der Waals surface area contributed by atoms with Crippen LogP contribution in [0.15, 0.2) is 36.4 Å². The van der Waals surface area contributed by atoms with Gasteiger partial charge < -0.3 is 9.80 Å². The molecule has 7 heteroatoms. The summed E-state index contributed by atoms with van der Waals surface area (Å²) < 4.78 is 15.0. The maximum absolute atomic E-state index is 13.1. The summed E-state index contributed by atoms with van der Waals surface area (Å²) in [6, 6.07) is 10.7. The van der Waals surface area contributed by atoms with Gasteiger partial charge in [0, 0.05) is 37.8 Å². The summed E-state index contributed by atoms with van der Waals surface area (Å²) in [4.78, 5) is 4.57. The Bertz CT molecular complexity index is 894. The summed E-state index contributed by atoms with van der Waals surface area (Å²) in [7, 11) is 0. The van der Waals surface area contributed by atoms with E-state index in [0.717, 1.165) is 49.2 Å². The van der Waals surface area contributed by atoms with E-state index in [4.69, 9.17) is 5.10 Å². The van der Waals surface area contributed by atoms with Gasteiger partial charge in [0.2, 0.25) is 0 Å². The van der Waals surface area contributed by atoms with Crippen LogP contribution in [0.1, 0.15) is 24.6 Å². The van der Waals surface area contributed by atoms with Gasteiger partial charge in [0.1, 0.15) is 11.6 Å². The van der Waals surface area contributed by atoms with Crippen LogP contribution in [0.3, 0.4) is 0 Å². The van der Waals surface area contributed by atoms with E-state index in [-0.39, 0.29) is 5.82 Å². The quantitative estimate of drug-likeness (QED) is 0.734. The van der Waals surface area contributed by atoms with E-state index in [9.17, 15) is 4.39 Å². The number of halogens is 1. The predicted octanol–water partition coefficient (Wildman–Crippen LogP) is 2.47. The van der Waals surface area contributed by atoms with Crippen molar-refractivity contribution < 1.29 is 4.39 Å². The molecule has 1 aliphatic heterocycles. The second-order valence-electron chi connectivity index (χ2n) is 6.74. The number of hydrogen-bond donors (Lipinski definition) is 0. The predicted molar refractivity (Wildman–Crippen MR) is 93.6 cm³/mol. The number of fused-ring (bicyclic) bond motifs is 1. The molecule has 3 heterocycles. The first kappa shape index (κ1) is 14.6. The first-order valence-corrected chi connectivity index (χ1v) is 8.76. The van der Waals surface area contributed by atoms with Crippen LogP contribution in [-0.4, -0.2) is 46.0 Å². The monoisotopic (exact) mass is 338 g/mol. The Morgan fingerprint density at radius 1 is 0.840 bits per heavy atom.